The third kappa shape index (κ3) is 2.88. The van der Waals surface area contributed by atoms with Crippen LogP contribution < -0.4 is 0 Å². The van der Waals surface area contributed by atoms with Gasteiger partial charge in [0.05, 0.1) is 13.2 Å². The molecule has 0 unspecified atom stereocenters. The van der Waals surface area contributed by atoms with Crippen LogP contribution in [0.2, 0.25) is 0 Å². The largest absolute Gasteiger partial charge is 0.445 e. The molecule has 5 heteroatoms. The molecule has 0 spiro atoms. The van der Waals surface area contributed by atoms with Crippen LogP contribution in [0.1, 0.15) is 5.56 Å². The predicted molar refractivity (Wildman–Crippen MR) is 74.4 cm³/mol. The number of amides is 1. The molecule has 1 saturated heterocycles. The highest BCUT2D eigenvalue weighted by Crippen LogP contribution is 2.22. The van der Waals surface area contributed by atoms with Crippen LogP contribution >= 0.6 is 11.3 Å². The Morgan fingerprint density at radius 2 is 2.16 bits per heavy atom. The third-order valence-corrected chi connectivity index (χ3v) is 4.05. The van der Waals surface area contributed by atoms with E-state index in [1.165, 1.54) is 10.1 Å². The molecule has 1 aliphatic rings. The summed E-state index contributed by atoms with van der Waals surface area (Å²) >= 11 is 1.71. The predicted octanol–water partition coefficient (Wildman–Crippen LogP) is 2.87. The van der Waals surface area contributed by atoms with Crippen LogP contribution in [-0.4, -0.2) is 37.3 Å². The average Bonchev–Trinajstić information content (AvgIpc) is 2.93. The number of morpholine rings is 1. The van der Waals surface area contributed by atoms with E-state index in [0.717, 1.165) is 5.56 Å². The van der Waals surface area contributed by atoms with E-state index in [-0.39, 0.29) is 6.09 Å². The summed E-state index contributed by atoms with van der Waals surface area (Å²) in [7, 11) is 0. The van der Waals surface area contributed by atoms with E-state index in [1.54, 1.807) is 16.2 Å². The second-order valence-corrected chi connectivity index (χ2v) is 5.39. The van der Waals surface area contributed by atoms with Crippen LogP contribution in [-0.2, 0) is 16.1 Å². The van der Waals surface area contributed by atoms with Crippen molar-refractivity contribution >= 4 is 27.5 Å². The van der Waals surface area contributed by atoms with Crippen LogP contribution in [0.25, 0.3) is 10.1 Å². The number of ether oxygens (including phenoxy) is 2. The molecule has 1 amide bonds. The summed E-state index contributed by atoms with van der Waals surface area (Å²) in [5.41, 5.74) is 1.02. The van der Waals surface area contributed by atoms with Gasteiger partial charge in [0.25, 0.3) is 0 Å². The number of rotatable bonds is 2. The lowest BCUT2D eigenvalue weighted by Crippen LogP contribution is -2.40. The summed E-state index contributed by atoms with van der Waals surface area (Å²) in [6.45, 7) is 2.73. The van der Waals surface area contributed by atoms with Gasteiger partial charge in [-0.15, -0.1) is 11.3 Å². The Balaban J connectivity index is 1.60. The van der Waals surface area contributed by atoms with Gasteiger partial charge >= 0.3 is 6.09 Å². The maximum atomic E-state index is 11.8. The highest BCUT2D eigenvalue weighted by molar-refractivity contribution is 7.17. The standard InChI is InChI=1S/C14H15NO3S/c16-14(15-4-6-17-7-5-15)18-10-11-1-2-13-12(9-11)3-8-19-13/h1-3,8-9H,4-7,10H2. The molecule has 4 nitrogen and oxygen atoms in total. The fraction of sp³-hybridized carbons (Fsp3) is 0.357. The van der Waals surface area contributed by atoms with Gasteiger partial charge in [-0.05, 0) is 34.5 Å². The Labute approximate surface area is 115 Å². The van der Waals surface area contributed by atoms with Gasteiger partial charge in [0.2, 0.25) is 0 Å². The van der Waals surface area contributed by atoms with Gasteiger partial charge in [0.1, 0.15) is 6.61 Å². The van der Waals surface area contributed by atoms with Crippen molar-refractivity contribution in [1.29, 1.82) is 0 Å². The molecule has 100 valence electrons. The number of hydrogen-bond acceptors (Lipinski definition) is 4. The Bertz CT molecular complexity index is 575. The summed E-state index contributed by atoms with van der Waals surface area (Å²) in [4.78, 5) is 13.5. The van der Waals surface area contributed by atoms with Gasteiger partial charge in [0.15, 0.2) is 0 Å². The molecule has 1 aliphatic heterocycles. The molecule has 0 bridgehead atoms. The number of hydrogen-bond donors (Lipinski definition) is 0. The molecular formula is C14H15NO3S. The molecular weight excluding hydrogens is 262 g/mol. The van der Waals surface area contributed by atoms with Gasteiger partial charge in [-0.2, -0.15) is 0 Å². The van der Waals surface area contributed by atoms with E-state index in [4.69, 9.17) is 9.47 Å². The third-order valence-electron chi connectivity index (χ3n) is 3.15. The molecule has 1 aromatic heterocycles. The Hall–Kier alpha value is -1.59. The number of nitrogens with zero attached hydrogens (tertiary/aromatic N) is 1. The Kier molecular flexibility index (Phi) is 3.66. The van der Waals surface area contributed by atoms with Crippen molar-refractivity contribution in [3.63, 3.8) is 0 Å². The number of carbonyl (C=O) groups excluding carboxylic acids is 1. The molecule has 0 aliphatic carbocycles. The monoisotopic (exact) mass is 277 g/mol. The van der Waals surface area contributed by atoms with E-state index in [2.05, 4.69) is 23.6 Å². The second kappa shape index (κ2) is 5.59. The van der Waals surface area contributed by atoms with Gasteiger partial charge in [-0.1, -0.05) is 6.07 Å². The Morgan fingerprint density at radius 1 is 1.32 bits per heavy atom. The van der Waals surface area contributed by atoms with E-state index >= 15 is 0 Å². The lowest BCUT2D eigenvalue weighted by atomic mass is 10.2. The second-order valence-electron chi connectivity index (χ2n) is 4.45. The van der Waals surface area contributed by atoms with Crippen LogP contribution in [0.15, 0.2) is 29.6 Å². The van der Waals surface area contributed by atoms with Crippen molar-refractivity contribution in [1.82, 2.24) is 4.90 Å². The lowest BCUT2D eigenvalue weighted by molar-refractivity contribution is 0.0250. The zero-order chi connectivity index (χ0) is 13.1. The normalized spacial score (nSPS) is 15.7. The number of fused-ring (bicyclic) bond motifs is 1. The fourth-order valence-corrected chi connectivity index (χ4v) is 2.86. The molecule has 1 aromatic carbocycles. The lowest BCUT2D eigenvalue weighted by Gasteiger charge is -2.25. The van der Waals surface area contributed by atoms with E-state index in [1.807, 2.05) is 6.07 Å². The fourth-order valence-electron chi connectivity index (χ4n) is 2.09. The minimum Gasteiger partial charge on any atom is -0.445 e. The molecule has 1 fully saturated rings. The average molecular weight is 277 g/mol. The van der Waals surface area contributed by atoms with Gasteiger partial charge in [-0.25, -0.2) is 4.79 Å². The van der Waals surface area contributed by atoms with Gasteiger partial charge in [0, 0.05) is 17.8 Å². The summed E-state index contributed by atoms with van der Waals surface area (Å²) in [6, 6.07) is 8.22. The van der Waals surface area contributed by atoms with E-state index in [9.17, 15) is 4.79 Å². The zero-order valence-electron chi connectivity index (χ0n) is 10.5. The van der Waals surface area contributed by atoms with Gasteiger partial charge < -0.3 is 14.4 Å². The van der Waals surface area contributed by atoms with E-state index in [0.29, 0.717) is 32.9 Å². The van der Waals surface area contributed by atoms with Crippen molar-refractivity contribution in [3.8, 4) is 0 Å². The maximum Gasteiger partial charge on any atom is 0.410 e. The minimum atomic E-state index is -0.256. The van der Waals surface area contributed by atoms with Gasteiger partial charge in [-0.3, -0.25) is 0 Å². The van der Waals surface area contributed by atoms with E-state index < -0.39 is 0 Å². The van der Waals surface area contributed by atoms with Crippen molar-refractivity contribution in [2.45, 2.75) is 6.61 Å². The Morgan fingerprint density at radius 3 is 3.00 bits per heavy atom. The summed E-state index contributed by atoms with van der Waals surface area (Å²) < 4.78 is 11.8. The number of carbonyl (C=O) groups is 1. The minimum absolute atomic E-state index is 0.256. The molecule has 0 N–H and O–H groups in total. The maximum absolute atomic E-state index is 11.8. The molecule has 0 saturated carbocycles. The smallest absolute Gasteiger partial charge is 0.410 e. The van der Waals surface area contributed by atoms with Crippen LogP contribution in [0.5, 0.6) is 0 Å². The van der Waals surface area contributed by atoms with Crippen LogP contribution in [0, 0.1) is 0 Å². The topological polar surface area (TPSA) is 38.8 Å². The highest BCUT2D eigenvalue weighted by atomic mass is 32.1. The SMILES string of the molecule is O=C(OCc1ccc2sccc2c1)N1CCOCC1. The molecule has 0 atom stereocenters. The number of benzene rings is 1. The molecule has 0 radical (unpaired) electrons. The van der Waals surface area contributed by atoms with Crippen LogP contribution in [0.3, 0.4) is 0 Å². The molecule has 3 rings (SSSR count). The van der Waals surface area contributed by atoms with Crippen molar-refractivity contribution in [3.05, 3.63) is 35.2 Å². The molecule has 2 heterocycles. The summed E-state index contributed by atoms with van der Waals surface area (Å²) in [6.07, 6.45) is -0.256. The number of thiophene rings is 1. The highest BCUT2D eigenvalue weighted by Gasteiger charge is 2.17. The molecule has 2 aromatic rings. The first-order valence-electron chi connectivity index (χ1n) is 6.28. The quantitative estimate of drug-likeness (QED) is 0.847. The first-order chi connectivity index (χ1) is 9.33. The molecule has 19 heavy (non-hydrogen) atoms. The first-order valence-corrected chi connectivity index (χ1v) is 7.16. The first kappa shape index (κ1) is 12.4. The van der Waals surface area contributed by atoms with Crippen molar-refractivity contribution < 1.29 is 14.3 Å². The summed E-state index contributed by atoms with van der Waals surface area (Å²) in [5.74, 6) is 0. The van der Waals surface area contributed by atoms with Crippen molar-refractivity contribution in [2.75, 3.05) is 26.3 Å². The van der Waals surface area contributed by atoms with Crippen LogP contribution in [0.4, 0.5) is 4.79 Å². The van der Waals surface area contributed by atoms with Crippen molar-refractivity contribution in [2.24, 2.45) is 0 Å². The zero-order valence-corrected chi connectivity index (χ0v) is 11.3. The summed E-state index contributed by atoms with van der Waals surface area (Å²) in [5, 5.41) is 3.26.